The van der Waals surface area contributed by atoms with E-state index in [4.69, 9.17) is 14.0 Å². The van der Waals surface area contributed by atoms with Crippen molar-refractivity contribution in [1.82, 2.24) is 5.16 Å². The predicted molar refractivity (Wildman–Crippen MR) is 67.9 cm³/mol. The fourth-order valence-corrected chi connectivity index (χ4v) is 1.70. The smallest absolute Gasteiger partial charge is 0.161 e. The van der Waals surface area contributed by atoms with Gasteiger partial charge >= 0.3 is 0 Å². The lowest BCUT2D eigenvalue weighted by Gasteiger charge is -2.11. The molecule has 0 N–H and O–H groups in total. The topological polar surface area (TPSA) is 44.5 Å². The van der Waals surface area contributed by atoms with Gasteiger partial charge in [0.1, 0.15) is 12.4 Å². The number of nitrogens with zero attached hydrogens (tertiary/aromatic N) is 1. The molecule has 0 radical (unpaired) electrons. The van der Waals surface area contributed by atoms with Crippen LogP contribution in [0.5, 0.6) is 11.5 Å². The summed E-state index contributed by atoms with van der Waals surface area (Å²) in [6, 6.07) is 7.63. The molecule has 2 aromatic rings. The van der Waals surface area contributed by atoms with Crippen molar-refractivity contribution in [1.29, 1.82) is 0 Å². The van der Waals surface area contributed by atoms with Crippen LogP contribution in [0, 0.1) is 13.8 Å². The summed E-state index contributed by atoms with van der Waals surface area (Å²) in [7, 11) is 0. The van der Waals surface area contributed by atoms with Crippen LogP contribution in [0.15, 0.2) is 28.8 Å². The summed E-state index contributed by atoms with van der Waals surface area (Å²) in [6.45, 7) is 6.79. The van der Waals surface area contributed by atoms with Gasteiger partial charge in [-0.2, -0.15) is 0 Å². The minimum atomic E-state index is 0.436. The SMILES string of the molecule is CCOc1ccccc1OCc1c(C)noc1C. The zero-order chi connectivity index (χ0) is 13.0. The average Bonchev–Trinajstić information content (AvgIpc) is 2.69. The highest BCUT2D eigenvalue weighted by molar-refractivity contribution is 5.39. The Kier molecular flexibility index (Phi) is 3.87. The van der Waals surface area contributed by atoms with E-state index in [1.165, 1.54) is 0 Å². The number of aromatic nitrogens is 1. The van der Waals surface area contributed by atoms with Crippen LogP contribution in [0.3, 0.4) is 0 Å². The van der Waals surface area contributed by atoms with E-state index in [0.29, 0.717) is 13.2 Å². The van der Waals surface area contributed by atoms with Crippen molar-refractivity contribution >= 4 is 0 Å². The summed E-state index contributed by atoms with van der Waals surface area (Å²) in [6.07, 6.45) is 0. The second-order valence-electron chi connectivity index (χ2n) is 3.97. The number of hydrogen-bond donors (Lipinski definition) is 0. The standard InChI is InChI=1S/C14H17NO3/c1-4-16-13-7-5-6-8-14(13)17-9-12-10(2)15-18-11(12)3/h5-8H,4,9H2,1-3H3. The highest BCUT2D eigenvalue weighted by Gasteiger charge is 2.11. The van der Waals surface area contributed by atoms with Crippen molar-refractivity contribution in [3.8, 4) is 11.5 Å². The zero-order valence-electron chi connectivity index (χ0n) is 10.9. The highest BCUT2D eigenvalue weighted by Crippen LogP contribution is 2.27. The van der Waals surface area contributed by atoms with Crippen LogP contribution in [-0.4, -0.2) is 11.8 Å². The maximum absolute atomic E-state index is 5.77. The first kappa shape index (κ1) is 12.5. The number of rotatable bonds is 5. The van der Waals surface area contributed by atoms with Crippen molar-refractivity contribution in [2.45, 2.75) is 27.4 Å². The van der Waals surface area contributed by atoms with Crippen molar-refractivity contribution < 1.29 is 14.0 Å². The molecular weight excluding hydrogens is 230 g/mol. The van der Waals surface area contributed by atoms with E-state index in [1.54, 1.807) is 0 Å². The number of ether oxygens (including phenoxy) is 2. The Labute approximate surface area is 107 Å². The molecule has 0 spiro atoms. The lowest BCUT2D eigenvalue weighted by atomic mass is 10.2. The van der Waals surface area contributed by atoms with E-state index in [9.17, 15) is 0 Å². The van der Waals surface area contributed by atoms with Crippen molar-refractivity contribution in [3.05, 3.63) is 41.3 Å². The highest BCUT2D eigenvalue weighted by atomic mass is 16.5. The number of para-hydroxylation sites is 2. The van der Waals surface area contributed by atoms with Gasteiger partial charge in [-0.25, -0.2) is 0 Å². The first-order valence-electron chi connectivity index (χ1n) is 5.98. The molecule has 0 bridgehead atoms. The molecule has 1 heterocycles. The largest absolute Gasteiger partial charge is 0.490 e. The molecule has 96 valence electrons. The molecular formula is C14H17NO3. The summed E-state index contributed by atoms with van der Waals surface area (Å²) in [5.74, 6) is 2.28. The Bertz CT molecular complexity index is 500. The van der Waals surface area contributed by atoms with E-state index in [0.717, 1.165) is 28.5 Å². The Balaban J connectivity index is 2.11. The summed E-state index contributed by atoms with van der Waals surface area (Å²) < 4.78 is 16.4. The van der Waals surface area contributed by atoms with Gasteiger partial charge in [-0.1, -0.05) is 17.3 Å². The van der Waals surface area contributed by atoms with Crippen LogP contribution in [-0.2, 0) is 6.61 Å². The lowest BCUT2D eigenvalue weighted by Crippen LogP contribution is -2.00. The normalized spacial score (nSPS) is 10.4. The Morgan fingerprint density at radius 2 is 1.78 bits per heavy atom. The first-order valence-corrected chi connectivity index (χ1v) is 5.98. The summed E-state index contributed by atoms with van der Waals surface area (Å²) in [5.41, 5.74) is 1.85. The van der Waals surface area contributed by atoms with Gasteiger partial charge in [0.25, 0.3) is 0 Å². The zero-order valence-corrected chi connectivity index (χ0v) is 10.9. The van der Waals surface area contributed by atoms with E-state index < -0.39 is 0 Å². The predicted octanol–water partition coefficient (Wildman–Crippen LogP) is 3.27. The van der Waals surface area contributed by atoms with Gasteiger partial charge in [0, 0.05) is 0 Å². The molecule has 0 unspecified atom stereocenters. The van der Waals surface area contributed by atoms with Crippen LogP contribution in [0.4, 0.5) is 0 Å². The molecule has 0 fully saturated rings. The maximum Gasteiger partial charge on any atom is 0.161 e. The Hall–Kier alpha value is -1.97. The van der Waals surface area contributed by atoms with Gasteiger partial charge in [0.05, 0.1) is 17.9 Å². The lowest BCUT2D eigenvalue weighted by molar-refractivity contribution is 0.267. The van der Waals surface area contributed by atoms with Crippen LogP contribution in [0.25, 0.3) is 0 Å². The van der Waals surface area contributed by atoms with E-state index >= 15 is 0 Å². The van der Waals surface area contributed by atoms with E-state index in [1.807, 2.05) is 45.0 Å². The summed E-state index contributed by atoms with van der Waals surface area (Å²) in [4.78, 5) is 0. The molecule has 0 aliphatic heterocycles. The Morgan fingerprint density at radius 1 is 1.11 bits per heavy atom. The minimum absolute atomic E-state index is 0.436. The van der Waals surface area contributed by atoms with Crippen LogP contribution < -0.4 is 9.47 Å². The molecule has 0 saturated carbocycles. The van der Waals surface area contributed by atoms with Crippen molar-refractivity contribution in [3.63, 3.8) is 0 Å². The van der Waals surface area contributed by atoms with Crippen LogP contribution in [0.2, 0.25) is 0 Å². The van der Waals surface area contributed by atoms with Crippen LogP contribution in [0.1, 0.15) is 23.9 Å². The number of benzene rings is 1. The molecule has 2 rings (SSSR count). The number of hydrogen-bond acceptors (Lipinski definition) is 4. The van der Waals surface area contributed by atoms with Gasteiger partial charge in [-0.05, 0) is 32.9 Å². The molecule has 0 saturated heterocycles. The van der Waals surface area contributed by atoms with Crippen LogP contribution >= 0.6 is 0 Å². The quantitative estimate of drug-likeness (QED) is 0.813. The molecule has 0 atom stereocenters. The second-order valence-corrected chi connectivity index (χ2v) is 3.97. The minimum Gasteiger partial charge on any atom is -0.490 e. The average molecular weight is 247 g/mol. The number of aryl methyl sites for hydroxylation is 2. The molecule has 0 aliphatic carbocycles. The van der Waals surface area contributed by atoms with Gasteiger partial charge in [0.2, 0.25) is 0 Å². The fraction of sp³-hybridized carbons (Fsp3) is 0.357. The van der Waals surface area contributed by atoms with Crippen molar-refractivity contribution in [2.24, 2.45) is 0 Å². The van der Waals surface area contributed by atoms with Gasteiger partial charge in [-0.3, -0.25) is 0 Å². The monoisotopic (exact) mass is 247 g/mol. The Morgan fingerprint density at radius 3 is 2.33 bits per heavy atom. The molecule has 4 heteroatoms. The third-order valence-corrected chi connectivity index (χ3v) is 2.70. The molecule has 1 aromatic carbocycles. The van der Waals surface area contributed by atoms with E-state index in [-0.39, 0.29) is 0 Å². The second kappa shape index (κ2) is 5.58. The third kappa shape index (κ3) is 2.64. The molecule has 18 heavy (non-hydrogen) atoms. The summed E-state index contributed by atoms with van der Waals surface area (Å²) in [5, 5.41) is 3.90. The molecule has 1 aromatic heterocycles. The van der Waals surface area contributed by atoms with E-state index in [2.05, 4.69) is 5.16 Å². The summed E-state index contributed by atoms with van der Waals surface area (Å²) >= 11 is 0. The van der Waals surface area contributed by atoms with Gasteiger partial charge in [0.15, 0.2) is 11.5 Å². The molecule has 4 nitrogen and oxygen atoms in total. The van der Waals surface area contributed by atoms with Gasteiger partial charge in [-0.15, -0.1) is 0 Å². The fourth-order valence-electron chi connectivity index (χ4n) is 1.70. The molecule has 0 aliphatic rings. The molecule has 0 amide bonds. The van der Waals surface area contributed by atoms with Gasteiger partial charge < -0.3 is 14.0 Å². The third-order valence-electron chi connectivity index (χ3n) is 2.70. The first-order chi connectivity index (χ1) is 8.72. The van der Waals surface area contributed by atoms with Crippen molar-refractivity contribution in [2.75, 3.05) is 6.61 Å². The maximum atomic E-state index is 5.77.